The molecule has 43 heavy (non-hydrogen) atoms. The standard InChI is InChI=1S/C34H37F2N3O4/c1-4-43-32-23(17-27(21-5-6-21)30(31(32)36)22-7-9-24(35)10-8-22)19-38-14-11-25(12-15-38)39-16-13-29-28(33(39)40)18-26(20(2)37-29)34(41)42-3/h7-10,17-18,21,25H,4-6,11-16,19H2,1-3H3. The minimum absolute atomic E-state index is 0.0748. The number of carbonyl (C=O) groups excluding carboxylic acids is 2. The molecule has 3 aromatic rings. The van der Waals surface area contributed by atoms with Crippen LogP contribution in [0, 0.1) is 18.6 Å². The fraction of sp³-hybridized carbons (Fsp3) is 0.441. The lowest BCUT2D eigenvalue weighted by molar-refractivity contribution is 0.0542. The molecule has 1 amide bonds. The van der Waals surface area contributed by atoms with Gasteiger partial charge in [0.05, 0.1) is 36.2 Å². The van der Waals surface area contributed by atoms with Crippen molar-refractivity contribution in [2.45, 2.75) is 64.5 Å². The quantitative estimate of drug-likeness (QED) is 0.298. The summed E-state index contributed by atoms with van der Waals surface area (Å²) in [7, 11) is 1.32. The zero-order valence-electron chi connectivity index (χ0n) is 24.9. The molecular formula is C34H37F2N3O4. The van der Waals surface area contributed by atoms with Crippen molar-refractivity contribution in [3.8, 4) is 16.9 Å². The van der Waals surface area contributed by atoms with Gasteiger partial charge >= 0.3 is 5.97 Å². The molecule has 7 nitrogen and oxygen atoms in total. The molecule has 6 rings (SSSR count). The number of aryl methyl sites for hydroxylation is 1. The van der Waals surface area contributed by atoms with Crippen LogP contribution in [0.25, 0.3) is 11.1 Å². The average molecular weight is 590 g/mol. The highest BCUT2D eigenvalue weighted by atomic mass is 19.1. The van der Waals surface area contributed by atoms with Crippen LogP contribution in [0.1, 0.15) is 81.8 Å². The van der Waals surface area contributed by atoms with E-state index in [9.17, 15) is 14.0 Å². The topological polar surface area (TPSA) is 72.0 Å². The van der Waals surface area contributed by atoms with Gasteiger partial charge in [-0.2, -0.15) is 0 Å². The van der Waals surface area contributed by atoms with E-state index in [-0.39, 0.29) is 29.3 Å². The lowest BCUT2D eigenvalue weighted by Crippen LogP contribution is -2.50. The van der Waals surface area contributed by atoms with Gasteiger partial charge in [-0.25, -0.2) is 13.6 Å². The molecule has 1 aliphatic carbocycles. The number of hydrogen-bond acceptors (Lipinski definition) is 6. The molecule has 2 aromatic carbocycles. The summed E-state index contributed by atoms with van der Waals surface area (Å²) < 4.78 is 40.6. The number of rotatable bonds is 8. The number of likely N-dealkylation sites (tertiary alicyclic amines) is 1. The third kappa shape index (κ3) is 5.75. The third-order valence-electron chi connectivity index (χ3n) is 8.94. The van der Waals surface area contributed by atoms with Crippen LogP contribution >= 0.6 is 0 Å². The first kappa shape index (κ1) is 29.2. The second-order valence-electron chi connectivity index (χ2n) is 11.7. The van der Waals surface area contributed by atoms with E-state index < -0.39 is 5.97 Å². The summed E-state index contributed by atoms with van der Waals surface area (Å²) in [6.07, 6.45) is 4.25. The number of nitrogens with zero attached hydrogens (tertiary/aromatic N) is 3. The maximum absolute atomic E-state index is 16.2. The van der Waals surface area contributed by atoms with Crippen molar-refractivity contribution in [1.29, 1.82) is 0 Å². The Bertz CT molecular complexity index is 1550. The number of piperidine rings is 1. The molecule has 0 unspecified atom stereocenters. The maximum Gasteiger partial charge on any atom is 0.339 e. The van der Waals surface area contributed by atoms with Gasteiger partial charge in [0.15, 0.2) is 11.6 Å². The molecule has 0 N–H and O–H groups in total. The van der Waals surface area contributed by atoms with Crippen molar-refractivity contribution in [2.75, 3.05) is 33.4 Å². The van der Waals surface area contributed by atoms with Crippen LogP contribution in [0.15, 0.2) is 36.4 Å². The smallest absolute Gasteiger partial charge is 0.339 e. The fourth-order valence-corrected chi connectivity index (χ4v) is 6.56. The van der Waals surface area contributed by atoms with Gasteiger partial charge in [0.2, 0.25) is 0 Å². The van der Waals surface area contributed by atoms with Gasteiger partial charge in [-0.3, -0.25) is 14.7 Å². The molecule has 0 atom stereocenters. The van der Waals surface area contributed by atoms with E-state index in [4.69, 9.17) is 9.47 Å². The highest BCUT2D eigenvalue weighted by molar-refractivity contribution is 6.00. The molecule has 3 heterocycles. The van der Waals surface area contributed by atoms with Gasteiger partial charge in [0.1, 0.15) is 5.82 Å². The zero-order valence-corrected chi connectivity index (χ0v) is 24.9. The van der Waals surface area contributed by atoms with Crippen LogP contribution < -0.4 is 4.74 Å². The second kappa shape index (κ2) is 12.0. The minimum Gasteiger partial charge on any atom is -0.490 e. The molecule has 1 aromatic heterocycles. The Morgan fingerprint density at radius 1 is 1.05 bits per heavy atom. The van der Waals surface area contributed by atoms with Crippen LogP contribution in [-0.4, -0.2) is 66.1 Å². The fourth-order valence-electron chi connectivity index (χ4n) is 6.56. The van der Waals surface area contributed by atoms with Gasteiger partial charge in [-0.15, -0.1) is 0 Å². The zero-order chi connectivity index (χ0) is 30.2. The maximum atomic E-state index is 16.2. The number of fused-ring (bicyclic) bond motifs is 1. The van der Waals surface area contributed by atoms with E-state index in [0.29, 0.717) is 60.0 Å². The van der Waals surface area contributed by atoms with Gasteiger partial charge in [-0.1, -0.05) is 12.1 Å². The Morgan fingerprint density at radius 3 is 2.42 bits per heavy atom. The number of aromatic nitrogens is 1. The first-order valence-electron chi connectivity index (χ1n) is 15.1. The Morgan fingerprint density at radius 2 is 1.77 bits per heavy atom. The molecular weight excluding hydrogens is 552 g/mol. The highest BCUT2D eigenvalue weighted by Crippen LogP contribution is 2.48. The summed E-state index contributed by atoms with van der Waals surface area (Å²) >= 11 is 0. The Balaban J connectivity index is 1.19. The van der Waals surface area contributed by atoms with Crippen LogP contribution in [0.3, 0.4) is 0 Å². The average Bonchev–Trinajstić information content (AvgIpc) is 3.85. The van der Waals surface area contributed by atoms with Crippen LogP contribution in [0.2, 0.25) is 0 Å². The number of amides is 1. The summed E-state index contributed by atoms with van der Waals surface area (Å²) in [6.45, 7) is 6.59. The van der Waals surface area contributed by atoms with Crippen molar-refractivity contribution in [3.63, 3.8) is 0 Å². The highest BCUT2D eigenvalue weighted by Gasteiger charge is 2.35. The second-order valence-corrected chi connectivity index (χ2v) is 11.7. The Kier molecular flexibility index (Phi) is 8.18. The first-order valence-corrected chi connectivity index (χ1v) is 15.1. The predicted molar refractivity (Wildman–Crippen MR) is 158 cm³/mol. The molecule has 0 bridgehead atoms. The SMILES string of the molecule is CCOc1c(CN2CCC(N3CCc4nc(C)c(C(=O)OC)cc4C3=O)CC2)cc(C2CC2)c(-c2ccc(F)cc2)c1F. The number of pyridine rings is 1. The Labute approximate surface area is 250 Å². The van der Waals surface area contributed by atoms with Crippen molar-refractivity contribution in [1.82, 2.24) is 14.8 Å². The molecule has 1 saturated heterocycles. The van der Waals surface area contributed by atoms with Crippen molar-refractivity contribution >= 4 is 11.9 Å². The first-order chi connectivity index (χ1) is 20.8. The molecule has 226 valence electrons. The van der Waals surface area contributed by atoms with Crippen LogP contribution in [0.4, 0.5) is 8.78 Å². The number of halogens is 2. The normalized spacial score (nSPS) is 17.6. The largest absolute Gasteiger partial charge is 0.490 e. The van der Waals surface area contributed by atoms with Crippen molar-refractivity contribution in [2.24, 2.45) is 0 Å². The minimum atomic E-state index is -0.496. The van der Waals surface area contributed by atoms with E-state index in [1.165, 1.54) is 19.2 Å². The predicted octanol–water partition coefficient (Wildman–Crippen LogP) is 6.06. The van der Waals surface area contributed by atoms with E-state index >= 15 is 4.39 Å². The summed E-state index contributed by atoms with van der Waals surface area (Å²) in [5.74, 6) is -0.764. The third-order valence-corrected chi connectivity index (χ3v) is 8.94. The van der Waals surface area contributed by atoms with Crippen LogP contribution in [-0.2, 0) is 17.7 Å². The molecule has 2 aliphatic heterocycles. The molecule has 0 spiro atoms. The molecule has 9 heteroatoms. The number of hydrogen-bond donors (Lipinski definition) is 0. The summed E-state index contributed by atoms with van der Waals surface area (Å²) in [5, 5.41) is 0. The van der Waals surface area contributed by atoms with Gasteiger partial charge < -0.3 is 14.4 Å². The van der Waals surface area contributed by atoms with E-state index in [2.05, 4.69) is 16.0 Å². The van der Waals surface area contributed by atoms with E-state index in [0.717, 1.165) is 55.6 Å². The monoisotopic (exact) mass is 589 g/mol. The number of esters is 1. The van der Waals surface area contributed by atoms with E-state index in [1.54, 1.807) is 25.1 Å². The summed E-state index contributed by atoms with van der Waals surface area (Å²) in [4.78, 5) is 34.5. The van der Waals surface area contributed by atoms with E-state index in [1.807, 2.05) is 11.8 Å². The number of benzene rings is 2. The lowest BCUT2D eigenvalue weighted by Gasteiger charge is -2.40. The van der Waals surface area contributed by atoms with Gasteiger partial charge in [-0.05, 0) is 80.8 Å². The summed E-state index contributed by atoms with van der Waals surface area (Å²) in [6, 6.07) is 9.79. The van der Waals surface area contributed by atoms with Crippen LogP contribution in [0.5, 0.6) is 5.75 Å². The molecule has 2 fully saturated rings. The molecule has 3 aliphatic rings. The number of ether oxygens (including phenoxy) is 2. The van der Waals surface area contributed by atoms with Crippen molar-refractivity contribution in [3.05, 3.63) is 81.7 Å². The number of methoxy groups -OCH3 is 1. The Hall–Kier alpha value is -3.85. The molecule has 0 radical (unpaired) electrons. The number of carbonyl (C=O) groups is 2. The summed E-state index contributed by atoms with van der Waals surface area (Å²) in [5.41, 5.74) is 5.05. The van der Waals surface area contributed by atoms with Gasteiger partial charge in [0.25, 0.3) is 5.91 Å². The van der Waals surface area contributed by atoms with Gasteiger partial charge in [0, 0.05) is 49.8 Å². The van der Waals surface area contributed by atoms with Crippen molar-refractivity contribution < 1.29 is 27.8 Å². The lowest BCUT2D eigenvalue weighted by atomic mass is 9.92. The molecule has 1 saturated carbocycles.